The highest BCUT2D eigenvalue weighted by molar-refractivity contribution is 9.10. The maximum Gasteiger partial charge on any atom is 0.244 e. The maximum absolute atomic E-state index is 14.7. The lowest BCUT2D eigenvalue weighted by Crippen LogP contribution is -2.54. The van der Waals surface area contributed by atoms with Gasteiger partial charge in [-0.2, -0.15) is 8.61 Å². The summed E-state index contributed by atoms with van der Waals surface area (Å²) in [5.74, 6) is 0.647. The van der Waals surface area contributed by atoms with Crippen LogP contribution in [0.5, 0.6) is 0 Å². The van der Waals surface area contributed by atoms with E-state index in [9.17, 15) is 16.8 Å². The van der Waals surface area contributed by atoms with Crippen molar-refractivity contribution in [2.75, 3.05) is 13.2 Å². The molecule has 0 aliphatic carbocycles. The van der Waals surface area contributed by atoms with Gasteiger partial charge in [0.05, 0.1) is 40.3 Å². The van der Waals surface area contributed by atoms with E-state index in [-0.39, 0.29) is 29.2 Å². The fourth-order valence-corrected chi connectivity index (χ4v) is 10.1. The van der Waals surface area contributed by atoms with Crippen LogP contribution in [0.25, 0.3) is 0 Å². The van der Waals surface area contributed by atoms with Gasteiger partial charge < -0.3 is 4.74 Å². The van der Waals surface area contributed by atoms with Gasteiger partial charge in [0.15, 0.2) is 0 Å². The lowest BCUT2D eigenvalue weighted by molar-refractivity contribution is 0.118. The molecule has 0 N–H and O–H groups in total. The van der Waals surface area contributed by atoms with Crippen LogP contribution in [0.15, 0.2) is 135 Å². The summed E-state index contributed by atoms with van der Waals surface area (Å²) in [6.07, 6.45) is 0.508. The van der Waals surface area contributed by atoms with Gasteiger partial charge in [0.1, 0.15) is 0 Å². The number of benzene rings is 4. The molecule has 234 valence electrons. The van der Waals surface area contributed by atoms with Gasteiger partial charge in [-0.1, -0.05) is 94.3 Å². The van der Waals surface area contributed by atoms with E-state index in [4.69, 9.17) is 4.74 Å². The summed E-state index contributed by atoms with van der Waals surface area (Å²) in [5.41, 5.74) is 3.28. The van der Waals surface area contributed by atoms with Crippen molar-refractivity contribution in [1.29, 1.82) is 0 Å². The Labute approximate surface area is 274 Å². The van der Waals surface area contributed by atoms with Gasteiger partial charge in [0, 0.05) is 23.0 Å². The van der Waals surface area contributed by atoms with E-state index in [0.29, 0.717) is 17.9 Å². The highest BCUT2D eigenvalue weighted by Gasteiger charge is 2.51. The molecule has 1 fully saturated rings. The number of hydrogen-bond donors (Lipinski definition) is 0. The molecule has 7 nitrogen and oxygen atoms in total. The number of ether oxygens (including phenoxy) is 1. The van der Waals surface area contributed by atoms with E-state index in [0.717, 1.165) is 21.2 Å². The minimum atomic E-state index is -4.05. The molecule has 3 unspecified atom stereocenters. The Morgan fingerprint density at radius 2 is 1.24 bits per heavy atom. The molecule has 1 saturated heterocycles. The summed E-state index contributed by atoms with van der Waals surface area (Å²) in [5, 5.41) is 0. The van der Waals surface area contributed by atoms with Crippen molar-refractivity contribution < 1.29 is 21.6 Å². The summed E-state index contributed by atoms with van der Waals surface area (Å²) in [6, 6.07) is 30.8. The van der Waals surface area contributed by atoms with Gasteiger partial charge in [0.2, 0.25) is 20.0 Å². The number of rotatable bonds is 8. The van der Waals surface area contributed by atoms with Crippen LogP contribution in [0.4, 0.5) is 0 Å². The number of fused-ring (bicyclic) bond motifs is 1. The van der Waals surface area contributed by atoms with Gasteiger partial charge in [-0.05, 0) is 67.8 Å². The van der Waals surface area contributed by atoms with Crippen molar-refractivity contribution in [2.24, 2.45) is 0 Å². The number of hydrogen-bond acceptors (Lipinski definition) is 5. The van der Waals surface area contributed by atoms with Gasteiger partial charge in [-0.15, -0.1) is 0 Å². The van der Waals surface area contributed by atoms with Crippen molar-refractivity contribution in [3.8, 4) is 0 Å². The molecule has 0 bridgehead atoms. The minimum Gasteiger partial charge on any atom is -0.498 e. The predicted octanol–water partition coefficient (Wildman–Crippen LogP) is 7.39. The first-order chi connectivity index (χ1) is 21.6. The first kappa shape index (κ1) is 31.7. The Hall–Kier alpha value is -3.28. The summed E-state index contributed by atoms with van der Waals surface area (Å²) in [7, 11) is -8.02. The molecule has 0 saturated carbocycles. The third-order valence-corrected chi connectivity index (χ3v) is 12.9. The van der Waals surface area contributed by atoms with E-state index >= 15 is 0 Å². The van der Waals surface area contributed by atoms with Crippen LogP contribution in [0, 0.1) is 6.92 Å². The zero-order valence-corrected chi connectivity index (χ0v) is 28.3. The lowest BCUT2D eigenvalue weighted by Gasteiger charge is -2.49. The van der Waals surface area contributed by atoms with Crippen molar-refractivity contribution in [1.82, 2.24) is 8.61 Å². The monoisotopic (exact) mass is 706 g/mol. The van der Waals surface area contributed by atoms with E-state index in [1.807, 2.05) is 74.5 Å². The van der Waals surface area contributed by atoms with Gasteiger partial charge in [-0.25, -0.2) is 16.8 Å². The molecule has 0 aromatic heterocycles. The molecule has 6 rings (SSSR count). The Kier molecular flexibility index (Phi) is 9.05. The smallest absolute Gasteiger partial charge is 0.244 e. The highest BCUT2D eigenvalue weighted by Crippen LogP contribution is 2.49. The SMILES string of the molecule is CCOC1=C2CN(S(=O)(=O)c3ccc(C)cc3)C(c3ccccc3)CC2N(S(=O)(=O)c2ccc(Br)cc2)C(c2ccccc2)C1. The van der Waals surface area contributed by atoms with E-state index in [2.05, 4.69) is 15.9 Å². The van der Waals surface area contributed by atoms with Crippen molar-refractivity contribution in [3.63, 3.8) is 0 Å². The molecule has 0 amide bonds. The van der Waals surface area contributed by atoms with Crippen molar-refractivity contribution in [2.45, 2.75) is 54.6 Å². The highest BCUT2D eigenvalue weighted by atomic mass is 79.9. The third-order valence-electron chi connectivity index (χ3n) is 8.58. The fraction of sp³-hybridized carbons (Fsp3) is 0.257. The van der Waals surface area contributed by atoms with Gasteiger partial charge >= 0.3 is 0 Å². The van der Waals surface area contributed by atoms with Crippen molar-refractivity contribution >= 4 is 36.0 Å². The molecule has 3 atom stereocenters. The third kappa shape index (κ3) is 6.14. The summed E-state index contributed by atoms with van der Waals surface area (Å²) >= 11 is 3.42. The number of nitrogens with zero attached hydrogens (tertiary/aromatic N) is 2. The quantitative estimate of drug-likeness (QED) is 0.191. The second-order valence-electron chi connectivity index (χ2n) is 11.3. The zero-order valence-electron chi connectivity index (χ0n) is 25.1. The molecule has 4 aromatic rings. The predicted molar refractivity (Wildman–Crippen MR) is 178 cm³/mol. The second-order valence-corrected chi connectivity index (χ2v) is 16.0. The van der Waals surface area contributed by atoms with Crippen LogP contribution in [-0.4, -0.2) is 44.6 Å². The standard InChI is InChI=1S/C35H35BrN2O5S2/c1-3-43-35-23-33(27-12-8-5-9-13-27)38(45(41,42)30-20-16-28(36)17-21-30)34-22-32(26-10-6-4-7-11-26)37(24-31(34)35)44(39,40)29-18-14-25(2)15-19-29/h4-21,32-34H,3,22-24H2,1-2H3. The van der Waals surface area contributed by atoms with E-state index in [1.165, 1.54) is 4.31 Å². The summed E-state index contributed by atoms with van der Waals surface area (Å²) < 4.78 is 68.3. The Balaban J connectivity index is 1.55. The van der Waals surface area contributed by atoms with Gasteiger partial charge in [-0.3, -0.25) is 0 Å². The molecule has 2 heterocycles. The molecule has 2 aliphatic heterocycles. The number of sulfonamides is 2. The molecule has 2 aliphatic rings. The maximum atomic E-state index is 14.7. The Morgan fingerprint density at radius 3 is 1.82 bits per heavy atom. The molecule has 0 spiro atoms. The molecule has 0 radical (unpaired) electrons. The van der Waals surface area contributed by atoms with Crippen LogP contribution in [0.1, 0.15) is 48.5 Å². The summed E-state index contributed by atoms with van der Waals surface area (Å²) in [4.78, 5) is 0.375. The molecular formula is C35H35BrN2O5S2. The molecule has 10 heteroatoms. The van der Waals surface area contributed by atoms with E-state index < -0.39 is 38.2 Å². The lowest BCUT2D eigenvalue weighted by atomic mass is 9.84. The number of piperidine rings is 1. The molecule has 45 heavy (non-hydrogen) atoms. The van der Waals surface area contributed by atoms with Crippen LogP contribution in [0.3, 0.4) is 0 Å². The minimum absolute atomic E-state index is 0.00361. The zero-order chi connectivity index (χ0) is 31.8. The second kappa shape index (κ2) is 12.8. The van der Waals surface area contributed by atoms with Crippen LogP contribution >= 0.6 is 15.9 Å². The Bertz CT molecular complexity index is 1900. The first-order valence-corrected chi connectivity index (χ1v) is 18.6. The van der Waals surface area contributed by atoms with Gasteiger partial charge in [0.25, 0.3) is 0 Å². The average Bonchev–Trinajstić information content (AvgIpc) is 3.05. The van der Waals surface area contributed by atoms with Crippen LogP contribution in [0.2, 0.25) is 0 Å². The number of halogens is 1. The average molecular weight is 708 g/mol. The van der Waals surface area contributed by atoms with E-state index in [1.54, 1.807) is 52.8 Å². The van der Waals surface area contributed by atoms with Crippen LogP contribution in [-0.2, 0) is 24.8 Å². The first-order valence-electron chi connectivity index (χ1n) is 14.9. The Morgan fingerprint density at radius 1 is 0.711 bits per heavy atom. The number of aryl methyl sites for hydroxylation is 1. The van der Waals surface area contributed by atoms with Crippen molar-refractivity contribution in [3.05, 3.63) is 142 Å². The fourth-order valence-electron chi connectivity index (χ4n) is 6.40. The topological polar surface area (TPSA) is 84.0 Å². The summed E-state index contributed by atoms with van der Waals surface area (Å²) in [6.45, 7) is 4.18. The molecule has 4 aromatic carbocycles. The molecular weight excluding hydrogens is 672 g/mol. The largest absolute Gasteiger partial charge is 0.498 e. The van der Waals surface area contributed by atoms with Crippen LogP contribution < -0.4 is 0 Å². The normalized spacial score (nSPS) is 21.4.